The van der Waals surface area contributed by atoms with Gasteiger partial charge in [-0.3, -0.25) is 9.59 Å². The first-order valence-electron chi connectivity index (χ1n) is 6.33. The number of nitrogens with two attached hydrogens (primary N) is 1. The van der Waals surface area contributed by atoms with Crippen molar-refractivity contribution in [1.82, 2.24) is 9.88 Å². The number of hydrogen-bond acceptors (Lipinski definition) is 5. The third-order valence-corrected chi connectivity index (χ3v) is 3.72. The molecule has 21 heavy (non-hydrogen) atoms. The van der Waals surface area contributed by atoms with Crippen LogP contribution in [0.15, 0.2) is 11.6 Å². The number of halogens is 2. The average molecular weight is 355 g/mol. The molecule has 1 fully saturated rings. The summed E-state index contributed by atoms with van der Waals surface area (Å²) >= 11 is 1.36. The number of carbonyl (C=O) groups excluding carboxylic acids is 2. The molecule has 0 radical (unpaired) electrons. The molecule has 0 spiro atoms. The Bertz CT molecular complexity index is 456. The first kappa shape index (κ1) is 20.1. The van der Waals surface area contributed by atoms with E-state index in [0.29, 0.717) is 18.1 Å². The minimum absolute atomic E-state index is 0. The van der Waals surface area contributed by atoms with Gasteiger partial charge in [-0.05, 0) is 19.8 Å². The summed E-state index contributed by atoms with van der Waals surface area (Å²) in [5, 5.41) is 5.11. The Labute approximate surface area is 140 Å². The number of hydrogen-bond donors (Lipinski definition) is 2. The Morgan fingerprint density at radius 3 is 2.86 bits per heavy atom. The minimum Gasteiger partial charge on any atom is -0.331 e. The molecule has 2 rings (SSSR count). The molecule has 9 heteroatoms. The molecule has 2 atom stereocenters. The topological polar surface area (TPSA) is 88.3 Å². The summed E-state index contributed by atoms with van der Waals surface area (Å²) in [5.41, 5.74) is 5.64. The maximum absolute atomic E-state index is 12.1. The smallest absolute Gasteiger partial charge is 0.248 e. The molecule has 2 unspecified atom stereocenters. The molecule has 1 aromatic heterocycles. The zero-order valence-electron chi connectivity index (χ0n) is 11.7. The Balaban J connectivity index is 0.00000200. The van der Waals surface area contributed by atoms with E-state index >= 15 is 0 Å². The Kier molecular flexibility index (Phi) is 8.80. The third-order valence-electron chi connectivity index (χ3n) is 3.03. The first-order valence-corrected chi connectivity index (χ1v) is 7.21. The largest absolute Gasteiger partial charge is 0.331 e. The number of aromatic nitrogens is 1. The zero-order valence-corrected chi connectivity index (χ0v) is 14.1. The summed E-state index contributed by atoms with van der Waals surface area (Å²) in [6.07, 6.45) is 3.46. The van der Waals surface area contributed by atoms with Gasteiger partial charge in [-0.1, -0.05) is 0 Å². The van der Waals surface area contributed by atoms with Gasteiger partial charge in [0.2, 0.25) is 11.8 Å². The van der Waals surface area contributed by atoms with E-state index in [1.54, 1.807) is 23.4 Å². The molecule has 1 aromatic rings. The number of likely N-dealkylation sites (tertiary alicyclic amines) is 1. The highest BCUT2D eigenvalue weighted by molar-refractivity contribution is 7.13. The molecular formula is C12H20Cl2N4O2S. The SMILES string of the molecule is CC(N)CC(=O)N1CCCC1C(=O)Nc1nccs1.Cl.Cl. The van der Waals surface area contributed by atoms with Gasteiger partial charge in [0, 0.05) is 30.6 Å². The van der Waals surface area contributed by atoms with Crippen molar-refractivity contribution in [2.24, 2.45) is 5.73 Å². The number of carbonyl (C=O) groups is 2. The number of rotatable bonds is 4. The van der Waals surface area contributed by atoms with Gasteiger partial charge in [0.05, 0.1) is 0 Å². The number of nitrogens with one attached hydrogen (secondary N) is 1. The van der Waals surface area contributed by atoms with Crippen LogP contribution in [-0.4, -0.2) is 40.3 Å². The lowest BCUT2D eigenvalue weighted by molar-refractivity contribution is -0.136. The van der Waals surface area contributed by atoms with Crippen LogP contribution in [0.2, 0.25) is 0 Å². The van der Waals surface area contributed by atoms with Crippen molar-refractivity contribution in [3.05, 3.63) is 11.6 Å². The molecule has 0 aliphatic carbocycles. The highest BCUT2D eigenvalue weighted by Gasteiger charge is 2.34. The molecule has 0 bridgehead atoms. The van der Waals surface area contributed by atoms with Gasteiger partial charge in [0.25, 0.3) is 0 Å². The summed E-state index contributed by atoms with van der Waals surface area (Å²) < 4.78 is 0. The van der Waals surface area contributed by atoms with Crippen molar-refractivity contribution in [1.29, 1.82) is 0 Å². The monoisotopic (exact) mass is 354 g/mol. The van der Waals surface area contributed by atoms with E-state index in [0.717, 1.165) is 6.42 Å². The predicted octanol–water partition coefficient (Wildman–Crippen LogP) is 1.65. The zero-order chi connectivity index (χ0) is 13.8. The van der Waals surface area contributed by atoms with Crippen molar-refractivity contribution in [3.8, 4) is 0 Å². The fourth-order valence-corrected chi connectivity index (χ4v) is 2.74. The van der Waals surface area contributed by atoms with Crippen LogP contribution < -0.4 is 11.1 Å². The average Bonchev–Trinajstić information content (AvgIpc) is 2.97. The second-order valence-electron chi connectivity index (χ2n) is 4.75. The van der Waals surface area contributed by atoms with E-state index < -0.39 is 6.04 Å². The fraction of sp³-hybridized carbons (Fsp3) is 0.583. The van der Waals surface area contributed by atoms with Crippen LogP contribution in [0.25, 0.3) is 0 Å². The van der Waals surface area contributed by atoms with Crippen molar-refractivity contribution >= 4 is 53.1 Å². The highest BCUT2D eigenvalue weighted by atomic mass is 35.5. The summed E-state index contributed by atoms with van der Waals surface area (Å²) in [6.45, 7) is 2.42. The predicted molar refractivity (Wildman–Crippen MR) is 88.2 cm³/mol. The van der Waals surface area contributed by atoms with Gasteiger partial charge in [-0.25, -0.2) is 4.98 Å². The van der Waals surface area contributed by atoms with Crippen LogP contribution >= 0.6 is 36.2 Å². The van der Waals surface area contributed by atoms with Gasteiger partial charge in [-0.15, -0.1) is 36.2 Å². The van der Waals surface area contributed by atoms with E-state index in [9.17, 15) is 9.59 Å². The first-order chi connectivity index (χ1) is 9.08. The fourth-order valence-electron chi connectivity index (χ4n) is 2.20. The van der Waals surface area contributed by atoms with Gasteiger partial charge in [0.1, 0.15) is 6.04 Å². The van der Waals surface area contributed by atoms with Crippen LogP contribution in [0.4, 0.5) is 5.13 Å². The molecule has 3 N–H and O–H groups in total. The molecule has 120 valence electrons. The van der Waals surface area contributed by atoms with Crippen molar-refractivity contribution in [2.75, 3.05) is 11.9 Å². The number of nitrogens with zero attached hydrogens (tertiary/aromatic N) is 2. The maximum Gasteiger partial charge on any atom is 0.248 e. The normalized spacial score (nSPS) is 18.4. The van der Waals surface area contributed by atoms with Gasteiger partial charge >= 0.3 is 0 Å². The van der Waals surface area contributed by atoms with Crippen LogP contribution in [-0.2, 0) is 9.59 Å². The van der Waals surface area contributed by atoms with E-state index in [4.69, 9.17) is 5.73 Å². The standard InChI is InChI=1S/C12H18N4O2S.2ClH/c1-8(13)7-10(17)16-5-2-3-9(16)11(18)15-12-14-4-6-19-12;;/h4,6,8-9H,2-3,5,7,13H2,1H3,(H,14,15,18);2*1H. The van der Waals surface area contributed by atoms with E-state index in [-0.39, 0.29) is 49.1 Å². The van der Waals surface area contributed by atoms with Crippen molar-refractivity contribution in [2.45, 2.75) is 38.3 Å². The Morgan fingerprint density at radius 2 is 2.29 bits per heavy atom. The third kappa shape index (κ3) is 5.43. The second kappa shape index (κ2) is 9.19. The maximum atomic E-state index is 12.1. The summed E-state index contributed by atoms with van der Waals surface area (Å²) in [6, 6.07) is -0.578. The second-order valence-corrected chi connectivity index (χ2v) is 5.65. The molecule has 6 nitrogen and oxygen atoms in total. The Hall–Kier alpha value is -0.890. The lowest BCUT2D eigenvalue weighted by Gasteiger charge is -2.24. The number of thiazole rings is 1. The molecule has 1 aliphatic heterocycles. The number of amides is 2. The van der Waals surface area contributed by atoms with Gasteiger partial charge in [0.15, 0.2) is 5.13 Å². The van der Waals surface area contributed by atoms with Gasteiger partial charge < -0.3 is 16.0 Å². The molecule has 1 saturated heterocycles. The van der Waals surface area contributed by atoms with Crippen molar-refractivity contribution in [3.63, 3.8) is 0 Å². The van der Waals surface area contributed by atoms with Crippen molar-refractivity contribution < 1.29 is 9.59 Å². The summed E-state index contributed by atoms with van der Waals surface area (Å²) in [7, 11) is 0. The van der Waals surface area contributed by atoms with Crippen LogP contribution in [0, 0.1) is 0 Å². The van der Waals surface area contributed by atoms with E-state index in [2.05, 4.69) is 10.3 Å². The van der Waals surface area contributed by atoms with E-state index in [1.165, 1.54) is 11.3 Å². The van der Waals surface area contributed by atoms with Gasteiger partial charge in [-0.2, -0.15) is 0 Å². The van der Waals surface area contributed by atoms with Crippen LogP contribution in [0.1, 0.15) is 26.2 Å². The summed E-state index contributed by atoms with van der Waals surface area (Å²) in [4.78, 5) is 29.8. The molecule has 0 aromatic carbocycles. The summed E-state index contributed by atoms with van der Waals surface area (Å²) in [5.74, 6) is -0.211. The molecule has 0 saturated carbocycles. The molecule has 2 heterocycles. The van der Waals surface area contributed by atoms with Crippen LogP contribution in [0.3, 0.4) is 0 Å². The number of anilines is 1. The molecule has 1 aliphatic rings. The lowest BCUT2D eigenvalue weighted by atomic mass is 10.2. The highest BCUT2D eigenvalue weighted by Crippen LogP contribution is 2.21. The quantitative estimate of drug-likeness (QED) is 0.860. The molecule has 2 amide bonds. The lowest BCUT2D eigenvalue weighted by Crippen LogP contribution is -2.44. The molecular weight excluding hydrogens is 335 g/mol. The minimum atomic E-state index is -0.393. The van der Waals surface area contributed by atoms with Crippen LogP contribution in [0.5, 0.6) is 0 Å². The van der Waals surface area contributed by atoms with E-state index in [1.807, 2.05) is 0 Å². The Morgan fingerprint density at radius 1 is 1.57 bits per heavy atom.